The number of nitrogens with one attached hydrogen (secondary N) is 2. The van der Waals surface area contributed by atoms with Crippen LogP contribution in [0.4, 0.5) is 0 Å². The fraction of sp³-hybridized carbons (Fsp3) is 0.500. The Kier molecular flexibility index (Phi) is 13.0. The number of carbonyl (C=O) groups excluding carboxylic acids is 3. The summed E-state index contributed by atoms with van der Waals surface area (Å²) in [6, 6.07) is 13.4. The fourth-order valence-corrected chi connectivity index (χ4v) is 4.25. The zero-order valence-electron chi connectivity index (χ0n) is 23.2. The normalized spacial score (nSPS) is 12.7. The lowest BCUT2D eigenvalue weighted by molar-refractivity contribution is 0.0755. The Labute approximate surface area is 227 Å². The number of primary amides is 1. The van der Waals surface area contributed by atoms with Crippen LogP contribution in [-0.4, -0.2) is 66.1 Å². The summed E-state index contributed by atoms with van der Waals surface area (Å²) in [6.07, 6.45) is 2.13. The van der Waals surface area contributed by atoms with E-state index in [1.54, 1.807) is 4.90 Å². The van der Waals surface area contributed by atoms with Crippen molar-refractivity contribution in [3.8, 4) is 0 Å². The lowest BCUT2D eigenvalue weighted by Gasteiger charge is -2.25. The third kappa shape index (κ3) is 9.91. The number of aliphatic hydroxyl groups is 1. The number of amides is 3. The highest BCUT2D eigenvalue weighted by Gasteiger charge is 2.24. The lowest BCUT2D eigenvalue weighted by atomic mass is 9.99. The number of hydrogen-bond acceptors (Lipinski definition) is 5. The van der Waals surface area contributed by atoms with E-state index in [0.717, 1.165) is 31.4 Å². The minimum atomic E-state index is -0.851. The van der Waals surface area contributed by atoms with Gasteiger partial charge in [-0.05, 0) is 61.9 Å². The van der Waals surface area contributed by atoms with E-state index >= 15 is 0 Å². The molecule has 2 aromatic rings. The second-order valence-electron chi connectivity index (χ2n) is 10.2. The Morgan fingerprint density at radius 3 is 2.13 bits per heavy atom. The predicted molar refractivity (Wildman–Crippen MR) is 151 cm³/mol. The second kappa shape index (κ2) is 15.9. The third-order valence-corrected chi connectivity index (χ3v) is 6.33. The first-order chi connectivity index (χ1) is 18.2. The van der Waals surface area contributed by atoms with Gasteiger partial charge in [-0.15, -0.1) is 0 Å². The van der Waals surface area contributed by atoms with E-state index < -0.39 is 24.0 Å². The highest BCUT2D eigenvalue weighted by Crippen LogP contribution is 2.15. The number of aliphatic hydroxyl groups excluding tert-OH is 1. The summed E-state index contributed by atoms with van der Waals surface area (Å²) < 4.78 is 0. The first kappa shape index (κ1) is 31.0. The van der Waals surface area contributed by atoms with Crippen LogP contribution in [0.5, 0.6) is 0 Å². The monoisotopic (exact) mass is 524 g/mol. The van der Waals surface area contributed by atoms with Crippen LogP contribution in [0.2, 0.25) is 0 Å². The maximum absolute atomic E-state index is 13.4. The average Bonchev–Trinajstić information content (AvgIpc) is 2.90. The summed E-state index contributed by atoms with van der Waals surface area (Å²) in [5.41, 5.74) is 6.99. The molecular weight excluding hydrogens is 480 g/mol. The van der Waals surface area contributed by atoms with Gasteiger partial charge in [0.05, 0.1) is 12.1 Å². The van der Waals surface area contributed by atoms with Gasteiger partial charge in [-0.3, -0.25) is 14.4 Å². The van der Waals surface area contributed by atoms with E-state index in [9.17, 15) is 19.5 Å². The van der Waals surface area contributed by atoms with Crippen LogP contribution >= 0.6 is 0 Å². The van der Waals surface area contributed by atoms with E-state index in [4.69, 9.17) is 5.73 Å². The molecule has 2 aromatic carbocycles. The summed E-state index contributed by atoms with van der Waals surface area (Å²) in [5.74, 6) is -0.913. The molecule has 0 heterocycles. The van der Waals surface area contributed by atoms with Crippen molar-refractivity contribution in [2.24, 2.45) is 11.7 Å². The molecule has 8 nitrogen and oxygen atoms in total. The number of hydrogen-bond donors (Lipinski definition) is 4. The Bertz CT molecular complexity index is 1040. The summed E-state index contributed by atoms with van der Waals surface area (Å²) >= 11 is 0. The third-order valence-electron chi connectivity index (χ3n) is 6.33. The van der Waals surface area contributed by atoms with Gasteiger partial charge in [-0.1, -0.05) is 58.0 Å². The second-order valence-corrected chi connectivity index (χ2v) is 10.2. The summed E-state index contributed by atoms with van der Waals surface area (Å²) in [7, 11) is 0. The van der Waals surface area contributed by atoms with Crippen molar-refractivity contribution in [2.75, 3.05) is 26.2 Å². The Morgan fingerprint density at radius 1 is 0.947 bits per heavy atom. The first-order valence-corrected chi connectivity index (χ1v) is 13.6. The van der Waals surface area contributed by atoms with Gasteiger partial charge in [0.1, 0.15) is 0 Å². The maximum Gasteiger partial charge on any atom is 0.253 e. The quantitative estimate of drug-likeness (QED) is 0.251. The molecule has 2 rings (SSSR count). The van der Waals surface area contributed by atoms with Gasteiger partial charge < -0.3 is 26.4 Å². The maximum atomic E-state index is 13.4. The number of benzene rings is 2. The Morgan fingerprint density at radius 2 is 1.55 bits per heavy atom. The highest BCUT2D eigenvalue weighted by molar-refractivity contribution is 6.04. The van der Waals surface area contributed by atoms with Gasteiger partial charge in [0.2, 0.25) is 5.91 Å². The number of carbonyl (C=O) groups is 3. The van der Waals surface area contributed by atoms with Crippen LogP contribution in [0.3, 0.4) is 0 Å². The molecule has 0 bridgehead atoms. The molecule has 0 aromatic heterocycles. The van der Waals surface area contributed by atoms with Gasteiger partial charge in [-0.2, -0.15) is 0 Å². The van der Waals surface area contributed by atoms with Gasteiger partial charge in [0.15, 0.2) is 0 Å². The molecule has 0 saturated carbocycles. The largest absolute Gasteiger partial charge is 0.390 e. The van der Waals surface area contributed by atoms with Crippen molar-refractivity contribution in [3.05, 3.63) is 70.8 Å². The number of nitrogens with two attached hydrogens (primary N) is 1. The molecule has 0 unspecified atom stereocenters. The summed E-state index contributed by atoms with van der Waals surface area (Å²) in [4.78, 5) is 40.4. The Hall–Kier alpha value is -3.23. The highest BCUT2D eigenvalue weighted by atomic mass is 16.3. The number of nitrogens with zero attached hydrogens (tertiary/aromatic N) is 1. The smallest absolute Gasteiger partial charge is 0.253 e. The van der Waals surface area contributed by atoms with E-state index in [2.05, 4.69) is 24.5 Å². The zero-order chi connectivity index (χ0) is 28.1. The van der Waals surface area contributed by atoms with Gasteiger partial charge >= 0.3 is 0 Å². The topological polar surface area (TPSA) is 125 Å². The number of rotatable bonds is 16. The van der Waals surface area contributed by atoms with Crippen molar-refractivity contribution in [3.63, 3.8) is 0 Å². The molecule has 3 amide bonds. The van der Waals surface area contributed by atoms with Crippen molar-refractivity contribution >= 4 is 17.7 Å². The van der Waals surface area contributed by atoms with Crippen molar-refractivity contribution < 1.29 is 19.5 Å². The fourth-order valence-electron chi connectivity index (χ4n) is 4.25. The Balaban J connectivity index is 2.31. The van der Waals surface area contributed by atoms with Crippen LogP contribution in [-0.2, 0) is 6.42 Å². The molecule has 0 fully saturated rings. The molecule has 0 radical (unpaired) electrons. The molecule has 5 N–H and O–H groups in total. The molecule has 0 aliphatic heterocycles. The van der Waals surface area contributed by atoms with Crippen molar-refractivity contribution in [2.45, 2.75) is 65.5 Å². The van der Waals surface area contributed by atoms with Crippen LogP contribution in [0.25, 0.3) is 0 Å². The summed E-state index contributed by atoms with van der Waals surface area (Å²) in [5, 5.41) is 17.2. The molecular formula is C30H44N4O4. The van der Waals surface area contributed by atoms with E-state index in [1.165, 1.54) is 18.2 Å². The standard InChI is InChI=1S/C30H44N4O4/c1-5-14-34(15-6-2)30(38)25-18-23(28(31)36)17-24(19-25)29(37)33-26(16-22-10-8-7-9-11-22)27(35)20-32-13-12-21(3)4/h7-11,17-19,21,26-27,32,35H,5-6,12-16,20H2,1-4H3,(H2,31,36)(H,33,37)/t26-,27+/m0/s1. The molecule has 0 aliphatic carbocycles. The van der Waals surface area contributed by atoms with E-state index in [-0.39, 0.29) is 22.6 Å². The molecule has 0 aliphatic rings. The van der Waals surface area contributed by atoms with Gasteiger partial charge in [-0.25, -0.2) is 0 Å². The van der Waals surface area contributed by atoms with Crippen molar-refractivity contribution in [1.82, 2.24) is 15.5 Å². The van der Waals surface area contributed by atoms with Crippen molar-refractivity contribution in [1.29, 1.82) is 0 Å². The predicted octanol–water partition coefficient (Wildman–Crippen LogP) is 3.39. The molecule has 38 heavy (non-hydrogen) atoms. The molecule has 8 heteroatoms. The molecule has 0 spiro atoms. The van der Waals surface area contributed by atoms with E-state index in [0.29, 0.717) is 32.0 Å². The summed E-state index contributed by atoms with van der Waals surface area (Å²) in [6.45, 7) is 10.5. The minimum Gasteiger partial charge on any atom is -0.390 e. The van der Waals surface area contributed by atoms with E-state index in [1.807, 2.05) is 44.2 Å². The first-order valence-electron chi connectivity index (χ1n) is 13.6. The van der Waals surface area contributed by atoms with Gasteiger partial charge in [0, 0.05) is 36.3 Å². The average molecular weight is 525 g/mol. The SMILES string of the molecule is CCCN(CCC)C(=O)c1cc(C(N)=O)cc(C(=O)N[C@@H](Cc2ccccc2)[C@H](O)CNCCC(C)C)c1. The lowest BCUT2D eigenvalue weighted by Crippen LogP contribution is -2.49. The minimum absolute atomic E-state index is 0.0875. The molecule has 2 atom stereocenters. The van der Waals surface area contributed by atoms with Crippen LogP contribution in [0.1, 0.15) is 83.6 Å². The van der Waals surface area contributed by atoms with Crippen LogP contribution < -0.4 is 16.4 Å². The molecule has 0 saturated heterocycles. The molecule has 208 valence electrons. The van der Waals surface area contributed by atoms with Crippen LogP contribution in [0.15, 0.2) is 48.5 Å². The van der Waals surface area contributed by atoms with Gasteiger partial charge in [0.25, 0.3) is 11.8 Å². The zero-order valence-corrected chi connectivity index (χ0v) is 23.2. The van der Waals surface area contributed by atoms with Crippen LogP contribution in [0, 0.1) is 5.92 Å².